The van der Waals surface area contributed by atoms with Crippen molar-refractivity contribution in [3.8, 4) is 17.2 Å². The van der Waals surface area contributed by atoms with Crippen molar-refractivity contribution in [3.05, 3.63) is 66.7 Å². The van der Waals surface area contributed by atoms with Gasteiger partial charge in [-0.15, -0.1) is 0 Å². The third-order valence-corrected chi connectivity index (χ3v) is 8.67. The molecule has 2 aromatic rings. The number of benzene rings is 2. The Labute approximate surface area is 287 Å². The monoisotopic (exact) mass is 664 g/mol. The SMILES string of the molecule is C=CC(=O)OC(CCCCCCCCCC)OC1CCC(C(=O)Oc2ccc(OC(=O)c3ccc(OCCCCCC)cc3)cc2)CC1. The van der Waals surface area contributed by atoms with E-state index >= 15 is 0 Å². The molecule has 0 heterocycles. The van der Waals surface area contributed by atoms with Gasteiger partial charge in [0, 0.05) is 12.5 Å². The van der Waals surface area contributed by atoms with Crippen LogP contribution in [-0.2, 0) is 19.1 Å². The molecule has 1 saturated carbocycles. The van der Waals surface area contributed by atoms with Crippen molar-refractivity contribution >= 4 is 17.9 Å². The first kappa shape index (κ1) is 38.8. The molecule has 8 nitrogen and oxygen atoms in total. The van der Waals surface area contributed by atoms with E-state index in [1.54, 1.807) is 48.5 Å². The molecule has 2 aromatic carbocycles. The number of carbonyl (C=O) groups excluding carboxylic acids is 3. The van der Waals surface area contributed by atoms with Crippen LogP contribution >= 0.6 is 0 Å². The molecule has 1 aliphatic carbocycles. The lowest BCUT2D eigenvalue weighted by molar-refractivity contribution is -0.191. The summed E-state index contributed by atoms with van der Waals surface area (Å²) in [6.07, 6.45) is 17.8. The summed E-state index contributed by atoms with van der Waals surface area (Å²) in [5.41, 5.74) is 0.418. The zero-order valence-electron chi connectivity index (χ0n) is 29.1. The molecule has 1 atom stereocenters. The van der Waals surface area contributed by atoms with Crippen molar-refractivity contribution in [2.75, 3.05) is 6.61 Å². The normalized spacial score (nSPS) is 16.5. The van der Waals surface area contributed by atoms with Crippen LogP contribution in [0, 0.1) is 5.92 Å². The standard InChI is InChI=1S/C40H56O8/c1-4-7-9-11-12-13-14-15-17-38(48-37(41)6-3)45-34-24-20-32(21-25-34)40(43)47-36-28-26-35(27-29-36)46-39(42)31-18-22-33(23-19-31)44-30-16-10-8-5-2/h6,18-19,22-23,26-29,32,34,38H,3-5,7-17,20-21,24-25,30H2,1-2H3. The van der Waals surface area contributed by atoms with Crippen LogP contribution in [0.25, 0.3) is 0 Å². The molecular formula is C40H56O8. The highest BCUT2D eigenvalue weighted by molar-refractivity contribution is 5.91. The van der Waals surface area contributed by atoms with Gasteiger partial charge in [0.25, 0.3) is 0 Å². The Balaban J connectivity index is 1.37. The topological polar surface area (TPSA) is 97.4 Å². The molecule has 1 aliphatic rings. The van der Waals surface area contributed by atoms with E-state index in [0.717, 1.165) is 31.4 Å². The van der Waals surface area contributed by atoms with Crippen LogP contribution < -0.4 is 14.2 Å². The third-order valence-electron chi connectivity index (χ3n) is 8.67. The molecule has 1 unspecified atom stereocenters. The van der Waals surface area contributed by atoms with Crippen molar-refractivity contribution < 1.29 is 38.1 Å². The number of unbranched alkanes of at least 4 members (excludes halogenated alkanes) is 10. The van der Waals surface area contributed by atoms with Gasteiger partial charge in [-0.1, -0.05) is 84.6 Å². The van der Waals surface area contributed by atoms with Crippen molar-refractivity contribution in [3.63, 3.8) is 0 Å². The highest BCUT2D eigenvalue weighted by atomic mass is 16.7. The lowest BCUT2D eigenvalue weighted by atomic mass is 9.87. The molecule has 8 heteroatoms. The van der Waals surface area contributed by atoms with Crippen LogP contribution in [0.15, 0.2) is 61.2 Å². The van der Waals surface area contributed by atoms with E-state index in [-0.39, 0.29) is 18.0 Å². The molecule has 264 valence electrons. The average Bonchev–Trinajstić information content (AvgIpc) is 3.10. The van der Waals surface area contributed by atoms with Crippen LogP contribution in [-0.4, -0.2) is 36.9 Å². The predicted molar refractivity (Wildman–Crippen MR) is 187 cm³/mol. The lowest BCUT2D eigenvalue weighted by Crippen LogP contribution is -2.32. The fourth-order valence-electron chi connectivity index (χ4n) is 5.77. The Bertz CT molecular complexity index is 1210. The molecule has 0 aliphatic heterocycles. The van der Waals surface area contributed by atoms with Gasteiger partial charge in [-0.25, -0.2) is 9.59 Å². The largest absolute Gasteiger partial charge is 0.494 e. The number of carbonyl (C=O) groups is 3. The molecule has 3 rings (SSSR count). The zero-order chi connectivity index (χ0) is 34.4. The molecule has 48 heavy (non-hydrogen) atoms. The number of esters is 3. The molecule has 0 N–H and O–H groups in total. The third kappa shape index (κ3) is 15.1. The lowest BCUT2D eigenvalue weighted by Gasteiger charge is -2.30. The Hall–Kier alpha value is -3.65. The fraction of sp³-hybridized carbons (Fsp3) is 0.575. The summed E-state index contributed by atoms with van der Waals surface area (Å²) in [7, 11) is 0. The van der Waals surface area contributed by atoms with Crippen LogP contribution in [0.4, 0.5) is 0 Å². The van der Waals surface area contributed by atoms with Crippen LogP contribution in [0.1, 0.15) is 133 Å². The Morgan fingerprint density at radius 3 is 1.85 bits per heavy atom. The van der Waals surface area contributed by atoms with Crippen molar-refractivity contribution in [1.82, 2.24) is 0 Å². The average molecular weight is 665 g/mol. The molecule has 0 aromatic heterocycles. The van der Waals surface area contributed by atoms with E-state index in [0.29, 0.717) is 55.8 Å². The predicted octanol–water partition coefficient (Wildman–Crippen LogP) is 9.93. The number of hydrogen-bond donors (Lipinski definition) is 0. The molecule has 0 amide bonds. The van der Waals surface area contributed by atoms with Crippen molar-refractivity contribution in [2.24, 2.45) is 5.92 Å². The van der Waals surface area contributed by atoms with E-state index < -0.39 is 18.2 Å². The quantitative estimate of drug-likeness (QED) is 0.0381. The van der Waals surface area contributed by atoms with Gasteiger partial charge in [0.05, 0.1) is 24.2 Å². The second-order valence-electron chi connectivity index (χ2n) is 12.7. The van der Waals surface area contributed by atoms with Gasteiger partial charge in [0.2, 0.25) is 6.29 Å². The summed E-state index contributed by atoms with van der Waals surface area (Å²) in [5.74, 6) is -0.0278. The summed E-state index contributed by atoms with van der Waals surface area (Å²) < 4.78 is 28.6. The maximum absolute atomic E-state index is 12.9. The van der Waals surface area contributed by atoms with E-state index in [2.05, 4.69) is 20.4 Å². The van der Waals surface area contributed by atoms with Gasteiger partial charge in [0.15, 0.2) is 0 Å². The first-order chi connectivity index (χ1) is 23.4. The van der Waals surface area contributed by atoms with Gasteiger partial charge in [-0.3, -0.25) is 4.79 Å². The molecule has 0 bridgehead atoms. The van der Waals surface area contributed by atoms with Gasteiger partial charge < -0.3 is 23.7 Å². The fourth-order valence-corrected chi connectivity index (χ4v) is 5.77. The van der Waals surface area contributed by atoms with Crippen molar-refractivity contribution in [1.29, 1.82) is 0 Å². The van der Waals surface area contributed by atoms with Gasteiger partial charge in [-0.2, -0.15) is 0 Å². The highest BCUT2D eigenvalue weighted by Crippen LogP contribution is 2.30. The van der Waals surface area contributed by atoms with Gasteiger partial charge >= 0.3 is 17.9 Å². The highest BCUT2D eigenvalue weighted by Gasteiger charge is 2.30. The summed E-state index contributed by atoms with van der Waals surface area (Å²) in [6, 6.07) is 13.4. The summed E-state index contributed by atoms with van der Waals surface area (Å²) in [5, 5.41) is 0. The maximum atomic E-state index is 12.9. The minimum Gasteiger partial charge on any atom is -0.494 e. The minimum atomic E-state index is -0.602. The zero-order valence-corrected chi connectivity index (χ0v) is 29.1. The Morgan fingerprint density at radius 2 is 1.25 bits per heavy atom. The number of ether oxygens (including phenoxy) is 5. The summed E-state index contributed by atoms with van der Waals surface area (Å²) in [4.78, 5) is 37.4. The first-order valence-electron chi connectivity index (χ1n) is 18.2. The minimum absolute atomic E-state index is 0.0843. The second-order valence-corrected chi connectivity index (χ2v) is 12.7. The summed E-state index contributed by atoms with van der Waals surface area (Å²) in [6.45, 7) is 8.56. The second kappa shape index (κ2) is 22.8. The first-order valence-corrected chi connectivity index (χ1v) is 18.2. The summed E-state index contributed by atoms with van der Waals surface area (Å²) >= 11 is 0. The van der Waals surface area contributed by atoms with Crippen LogP contribution in [0.3, 0.4) is 0 Å². The molecular weight excluding hydrogens is 608 g/mol. The van der Waals surface area contributed by atoms with Crippen LogP contribution in [0.5, 0.6) is 17.2 Å². The molecule has 1 fully saturated rings. The Morgan fingerprint density at radius 1 is 0.708 bits per heavy atom. The van der Waals surface area contributed by atoms with Gasteiger partial charge in [-0.05, 0) is 87.1 Å². The van der Waals surface area contributed by atoms with E-state index in [9.17, 15) is 14.4 Å². The molecule has 0 saturated heterocycles. The van der Waals surface area contributed by atoms with E-state index in [1.807, 2.05) is 0 Å². The Kier molecular flexibility index (Phi) is 18.5. The number of hydrogen-bond acceptors (Lipinski definition) is 8. The van der Waals surface area contributed by atoms with Gasteiger partial charge in [0.1, 0.15) is 17.2 Å². The van der Waals surface area contributed by atoms with Crippen molar-refractivity contribution in [2.45, 2.75) is 135 Å². The molecule has 0 spiro atoms. The van der Waals surface area contributed by atoms with E-state index in [4.69, 9.17) is 23.7 Å². The number of rotatable bonds is 23. The maximum Gasteiger partial charge on any atom is 0.343 e. The smallest absolute Gasteiger partial charge is 0.343 e. The van der Waals surface area contributed by atoms with Crippen LogP contribution in [0.2, 0.25) is 0 Å². The van der Waals surface area contributed by atoms with E-state index in [1.165, 1.54) is 57.4 Å². The molecule has 0 radical (unpaired) electrons.